The number of halogens is 2. The van der Waals surface area contributed by atoms with Crippen molar-refractivity contribution in [3.63, 3.8) is 0 Å². The van der Waals surface area contributed by atoms with E-state index >= 15 is 8.78 Å². The van der Waals surface area contributed by atoms with Gasteiger partial charge in [0.15, 0.2) is 0 Å². The van der Waals surface area contributed by atoms with Crippen LogP contribution in [0.25, 0.3) is 76.8 Å². The van der Waals surface area contributed by atoms with Crippen LogP contribution in [0.4, 0.5) is 42.9 Å². The molecule has 0 amide bonds. The quantitative estimate of drug-likeness (QED) is 0.150. The molecular weight excluding hydrogens is 955 g/mol. The van der Waals surface area contributed by atoms with Crippen molar-refractivity contribution < 1.29 is 8.78 Å². The van der Waals surface area contributed by atoms with Crippen LogP contribution in [0.5, 0.6) is 0 Å². The maximum absolute atomic E-state index is 16.0. The van der Waals surface area contributed by atoms with Gasteiger partial charge in [0.2, 0.25) is 0 Å². The average molecular weight is 1010 g/mol. The second kappa shape index (κ2) is 17.7. The first-order chi connectivity index (χ1) is 37.8. The van der Waals surface area contributed by atoms with Gasteiger partial charge in [0.25, 0.3) is 0 Å². The minimum absolute atomic E-state index is 0.300. The third-order valence-electron chi connectivity index (χ3n) is 17.0. The van der Waals surface area contributed by atoms with Crippen molar-refractivity contribution in [3.05, 3.63) is 276 Å². The van der Waals surface area contributed by atoms with Crippen LogP contribution >= 0.6 is 0 Å². The van der Waals surface area contributed by atoms with Gasteiger partial charge < -0.3 is 9.80 Å². The van der Waals surface area contributed by atoms with E-state index in [0.717, 1.165) is 111 Å². The van der Waals surface area contributed by atoms with E-state index in [-0.39, 0.29) is 11.6 Å². The van der Waals surface area contributed by atoms with Crippen LogP contribution in [0.3, 0.4) is 0 Å². The SMILES string of the molecule is Cc1cccc(N(c2ccc3c(c2)C(C)(C)c2cc4c(-c5cccc(F)c5)c5c(cc4c(-c4cccc(F)c4)c2-3)C(C)(C)c2cc(N(c3cccc(C)c3)c3cccc4ccccc34)ccc2-5)c2cccc3ccccc23)c1. The third-order valence-corrected chi connectivity index (χ3v) is 17.0. The second-order valence-corrected chi connectivity index (χ2v) is 22.5. The zero-order chi connectivity index (χ0) is 53.2. The number of benzene rings is 12. The van der Waals surface area contributed by atoms with Gasteiger partial charge in [-0.3, -0.25) is 0 Å². The number of aryl methyl sites for hydroxylation is 2. The number of hydrogen-bond donors (Lipinski definition) is 0. The lowest BCUT2D eigenvalue weighted by molar-refractivity contribution is 0.628. The summed E-state index contributed by atoms with van der Waals surface area (Å²) in [6, 6.07) is 80.4. The molecule has 12 aromatic rings. The molecule has 2 nitrogen and oxygen atoms in total. The van der Waals surface area contributed by atoms with Crippen molar-refractivity contribution in [2.75, 3.05) is 9.80 Å². The lowest BCUT2D eigenvalue weighted by atomic mass is 9.76. The fourth-order valence-corrected chi connectivity index (χ4v) is 13.3. The van der Waals surface area contributed by atoms with Crippen LogP contribution in [-0.2, 0) is 10.8 Å². The molecule has 0 fully saturated rings. The molecule has 0 atom stereocenters. The molecule has 0 saturated carbocycles. The molecular formula is C74H56F2N2. The first-order valence-corrected chi connectivity index (χ1v) is 27.0. The summed E-state index contributed by atoms with van der Waals surface area (Å²) in [4.78, 5) is 4.77. The van der Waals surface area contributed by atoms with E-state index in [9.17, 15) is 0 Å². The van der Waals surface area contributed by atoms with Crippen LogP contribution in [0.1, 0.15) is 61.1 Å². The Labute approximate surface area is 455 Å². The topological polar surface area (TPSA) is 6.48 Å². The van der Waals surface area contributed by atoms with E-state index < -0.39 is 10.8 Å². The van der Waals surface area contributed by atoms with Crippen molar-refractivity contribution in [2.24, 2.45) is 0 Å². The Bertz CT molecular complexity index is 4170. The van der Waals surface area contributed by atoms with Gasteiger partial charge in [-0.15, -0.1) is 0 Å². The van der Waals surface area contributed by atoms with Gasteiger partial charge in [-0.1, -0.05) is 161 Å². The number of rotatable bonds is 8. The summed E-state index contributed by atoms with van der Waals surface area (Å²) >= 11 is 0. The predicted octanol–water partition coefficient (Wildman–Crippen LogP) is 20.9. The summed E-state index contributed by atoms with van der Waals surface area (Å²) in [5.41, 5.74) is 20.4. The number of nitrogens with zero attached hydrogens (tertiary/aromatic N) is 2. The highest BCUT2D eigenvalue weighted by Crippen LogP contribution is 2.61. The van der Waals surface area contributed by atoms with Crippen LogP contribution in [0, 0.1) is 25.5 Å². The van der Waals surface area contributed by atoms with Crippen LogP contribution in [0.2, 0.25) is 0 Å². The highest BCUT2D eigenvalue weighted by Gasteiger charge is 2.43. The van der Waals surface area contributed by atoms with Gasteiger partial charge in [-0.2, -0.15) is 0 Å². The molecule has 2 aliphatic carbocycles. The first-order valence-electron chi connectivity index (χ1n) is 27.0. The Kier molecular flexibility index (Phi) is 10.8. The third kappa shape index (κ3) is 7.34. The molecule has 0 aromatic heterocycles. The van der Waals surface area contributed by atoms with Gasteiger partial charge in [0, 0.05) is 44.4 Å². The van der Waals surface area contributed by atoms with Gasteiger partial charge >= 0.3 is 0 Å². The Morgan fingerprint density at radius 3 is 1.12 bits per heavy atom. The van der Waals surface area contributed by atoms with Crippen LogP contribution < -0.4 is 9.80 Å². The van der Waals surface area contributed by atoms with E-state index in [4.69, 9.17) is 0 Å². The lowest BCUT2D eigenvalue weighted by Gasteiger charge is -2.29. The maximum atomic E-state index is 16.0. The van der Waals surface area contributed by atoms with Crippen molar-refractivity contribution in [3.8, 4) is 44.5 Å². The summed E-state index contributed by atoms with van der Waals surface area (Å²) in [6.45, 7) is 13.6. The molecule has 12 aromatic carbocycles. The highest BCUT2D eigenvalue weighted by atomic mass is 19.1. The molecule has 78 heavy (non-hydrogen) atoms. The van der Waals surface area contributed by atoms with Crippen molar-refractivity contribution in [1.29, 1.82) is 0 Å². The highest BCUT2D eigenvalue weighted by molar-refractivity contribution is 6.17. The normalized spacial score (nSPS) is 13.6. The zero-order valence-electron chi connectivity index (χ0n) is 44.6. The number of fused-ring (bicyclic) bond motifs is 9. The predicted molar refractivity (Wildman–Crippen MR) is 324 cm³/mol. The molecule has 2 aliphatic rings. The lowest BCUT2D eigenvalue weighted by Crippen LogP contribution is -2.17. The monoisotopic (exact) mass is 1010 g/mol. The molecule has 0 saturated heterocycles. The minimum Gasteiger partial charge on any atom is -0.310 e. The second-order valence-electron chi connectivity index (χ2n) is 22.5. The standard InChI is InChI=1S/C74H56F2N2/c1-45-17-11-27-53(37-45)77(67-31-15-21-47-19-7-9-29-57(47)67)55-33-35-59-63(41-55)73(3,4)65-43-61-62(69(71(59)65)49-23-13-25-51(75)39-49)44-66-72(70(61)50-24-14-26-52(76)40-50)60-36-34-56(42-64(60)74(66,5)6)78(54-28-12-18-46(2)38-54)68-32-16-22-48-20-8-10-30-58(48)68/h7-44H,1-6H3. The molecule has 0 radical (unpaired) electrons. The zero-order valence-corrected chi connectivity index (χ0v) is 44.6. The fourth-order valence-electron chi connectivity index (χ4n) is 13.3. The minimum atomic E-state index is -0.515. The summed E-state index contributed by atoms with van der Waals surface area (Å²) in [5, 5.41) is 6.67. The Morgan fingerprint density at radius 2 is 0.692 bits per heavy atom. The van der Waals surface area contributed by atoms with Crippen molar-refractivity contribution in [1.82, 2.24) is 0 Å². The van der Waals surface area contributed by atoms with Crippen molar-refractivity contribution >= 4 is 66.4 Å². The molecule has 376 valence electrons. The number of anilines is 6. The van der Waals surface area contributed by atoms with E-state index in [1.807, 2.05) is 24.3 Å². The smallest absolute Gasteiger partial charge is 0.123 e. The Morgan fingerprint density at radius 1 is 0.308 bits per heavy atom. The summed E-state index contributed by atoms with van der Waals surface area (Å²) in [5.74, 6) is -0.600. The van der Waals surface area contributed by atoms with Gasteiger partial charge in [0.05, 0.1) is 11.4 Å². The molecule has 14 rings (SSSR count). The summed E-state index contributed by atoms with van der Waals surface area (Å²) < 4.78 is 31.9. The van der Waals surface area contributed by atoms with E-state index in [1.54, 1.807) is 12.1 Å². The maximum Gasteiger partial charge on any atom is 0.123 e. The molecule has 0 N–H and O–H groups in total. The van der Waals surface area contributed by atoms with E-state index in [0.29, 0.717) is 0 Å². The molecule has 4 heteroatoms. The van der Waals surface area contributed by atoms with Gasteiger partial charge in [-0.05, 0) is 210 Å². The largest absolute Gasteiger partial charge is 0.310 e. The van der Waals surface area contributed by atoms with Crippen molar-refractivity contribution in [2.45, 2.75) is 52.4 Å². The Balaban J connectivity index is 1.03. The number of hydrogen-bond acceptors (Lipinski definition) is 2. The fraction of sp³-hybridized carbons (Fsp3) is 0.108. The van der Waals surface area contributed by atoms with Gasteiger partial charge in [0.1, 0.15) is 11.6 Å². The molecule has 0 unspecified atom stereocenters. The average Bonchev–Trinajstić information content (AvgIpc) is 3.53. The first kappa shape index (κ1) is 47.3. The summed E-state index contributed by atoms with van der Waals surface area (Å²) in [6.07, 6.45) is 0. The van der Waals surface area contributed by atoms with E-state index in [2.05, 4.69) is 233 Å². The van der Waals surface area contributed by atoms with Crippen LogP contribution in [0.15, 0.2) is 231 Å². The molecule has 0 bridgehead atoms. The molecule has 0 spiro atoms. The Hall–Kier alpha value is -9.12. The summed E-state index contributed by atoms with van der Waals surface area (Å²) in [7, 11) is 0. The van der Waals surface area contributed by atoms with Gasteiger partial charge in [-0.25, -0.2) is 8.78 Å². The van der Waals surface area contributed by atoms with E-state index in [1.165, 1.54) is 45.2 Å². The molecule has 0 aliphatic heterocycles. The molecule has 0 heterocycles. The van der Waals surface area contributed by atoms with Crippen LogP contribution in [-0.4, -0.2) is 0 Å².